The Hall–Kier alpha value is -1.64. The Morgan fingerprint density at radius 1 is 1.42 bits per heavy atom. The smallest absolute Gasteiger partial charge is 0.231 e. The second-order valence-corrected chi connectivity index (χ2v) is 4.43. The van der Waals surface area contributed by atoms with E-state index in [4.69, 9.17) is 19.5 Å². The predicted molar refractivity (Wildman–Crippen MR) is 68.7 cm³/mol. The second kappa shape index (κ2) is 7.07. The van der Waals surface area contributed by atoms with Gasteiger partial charge in [0.2, 0.25) is 5.88 Å². The van der Waals surface area contributed by atoms with E-state index < -0.39 is 0 Å². The molecule has 1 aromatic rings. The summed E-state index contributed by atoms with van der Waals surface area (Å²) in [5.41, 5.74) is 1.27. The van der Waals surface area contributed by atoms with Crippen LogP contribution in [0.3, 0.4) is 0 Å². The third kappa shape index (κ3) is 4.19. The van der Waals surface area contributed by atoms with E-state index >= 15 is 0 Å². The lowest BCUT2D eigenvalue weighted by atomic mass is 10.2. The van der Waals surface area contributed by atoms with E-state index in [1.54, 1.807) is 12.1 Å². The normalized spacial score (nSPS) is 18.8. The van der Waals surface area contributed by atoms with Gasteiger partial charge in [-0.3, -0.25) is 0 Å². The summed E-state index contributed by atoms with van der Waals surface area (Å²) in [5, 5.41) is 8.95. The number of ether oxygens (including phenoxy) is 3. The Kier molecular flexibility index (Phi) is 5.13. The molecule has 0 N–H and O–H groups in total. The van der Waals surface area contributed by atoms with Gasteiger partial charge in [-0.25, -0.2) is 4.98 Å². The van der Waals surface area contributed by atoms with Gasteiger partial charge in [0.15, 0.2) is 6.29 Å². The molecule has 0 saturated carbocycles. The monoisotopic (exact) mass is 262 g/mol. The van der Waals surface area contributed by atoms with Crippen LogP contribution in [0.15, 0.2) is 12.1 Å². The molecule has 1 aliphatic heterocycles. The first kappa shape index (κ1) is 13.8. The molecule has 1 aromatic heterocycles. The topological polar surface area (TPSA) is 64.4 Å². The van der Waals surface area contributed by atoms with Crippen LogP contribution in [0.1, 0.15) is 30.5 Å². The van der Waals surface area contributed by atoms with E-state index in [0.29, 0.717) is 24.7 Å². The summed E-state index contributed by atoms with van der Waals surface area (Å²) in [5.74, 6) is 0.371. The van der Waals surface area contributed by atoms with Crippen LogP contribution in [-0.2, 0) is 9.47 Å². The van der Waals surface area contributed by atoms with Crippen molar-refractivity contribution in [3.63, 3.8) is 0 Å². The summed E-state index contributed by atoms with van der Waals surface area (Å²) < 4.78 is 16.5. The lowest BCUT2D eigenvalue weighted by molar-refractivity contribution is -0.165. The average Bonchev–Trinajstić information content (AvgIpc) is 2.45. The first-order chi connectivity index (χ1) is 9.29. The lowest BCUT2D eigenvalue weighted by Crippen LogP contribution is -2.24. The molecular formula is C14H18N2O3. The summed E-state index contributed by atoms with van der Waals surface area (Å²) in [4.78, 5) is 4.20. The van der Waals surface area contributed by atoms with Gasteiger partial charge in [-0.15, -0.1) is 0 Å². The van der Waals surface area contributed by atoms with Gasteiger partial charge in [-0.05, 0) is 38.3 Å². The van der Waals surface area contributed by atoms with Crippen molar-refractivity contribution in [3.8, 4) is 11.9 Å². The van der Waals surface area contributed by atoms with Crippen LogP contribution in [0.4, 0.5) is 0 Å². The highest BCUT2D eigenvalue weighted by atomic mass is 16.7. The minimum absolute atomic E-state index is 0.113. The Bertz CT molecular complexity index is 450. The largest absolute Gasteiger partial charge is 0.474 e. The zero-order valence-electron chi connectivity index (χ0n) is 11.1. The molecule has 1 unspecified atom stereocenters. The van der Waals surface area contributed by atoms with Crippen molar-refractivity contribution in [2.75, 3.05) is 19.8 Å². The first-order valence-electron chi connectivity index (χ1n) is 6.53. The Morgan fingerprint density at radius 3 is 3.05 bits per heavy atom. The van der Waals surface area contributed by atoms with Crippen molar-refractivity contribution in [2.24, 2.45) is 0 Å². The molecule has 19 heavy (non-hydrogen) atoms. The molecular weight excluding hydrogens is 244 g/mol. The molecule has 1 saturated heterocycles. The summed E-state index contributed by atoms with van der Waals surface area (Å²) in [6.45, 7) is 3.43. The lowest BCUT2D eigenvalue weighted by Gasteiger charge is -2.22. The fraction of sp³-hybridized carbons (Fsp3) is 0.571. The first-order valence-corrected chi connectivity index (χ1v) is 6.53. The summed E-state index contributed by atoms with van der Waals surface area (Å²) in [6, 6.07) is 5.56. The van der Waals surface area contributed by atoms with E-state index in [2.05, 4.69) is 11.1 Å². The average molecular weight is 262 g/mol. The molecule has 102 valence electrons. The van der Waals surface area contributed by atoms with Crippen molar-refractivity contribution in [2.45, 2.75) is 32.5 Å². The molecule has 5 nitrogen and oxygen atoms in total. The molecule has 0 spiro atoms. The number of pyridine rings is 1. The van der Waals surface area contributed by atoms with E-state index in [-0.39, 0.29) is 6.29 Å². The molecule has 5 heteroatoms. The van der Waals surface area contributed by atoms with Crippen molar-refractivity contribution < 1.29 is 14.2 Å². The summed E-state index contributed by atoms with van der Waals surface area (Å²) in [6.07, 6.45) is 3.07. The van der Waals surface area contributed by atoms with Gasteiger partial charge in [-0.1, -0.05) is 0 Å². The van der Waals surface area contributed by atoms with E-state index in [1.807, 2.05) is 6.92 Å². The minimum Gasteiger partial charge on any atom is -0.474 e. The predicted octanol–water partition coefficient (Wildman–Crippen LogP) is 2.18. The quantitative estimate of drug-likeness (QED) is 0.761. The van der Waals surface area contributed by atoms with Crippen LogP contribution in [0.5, 0.6) is 5.88 Å². The van der Waals surface area contributed by atoms with E-state index in [9.17, 15) is 0 Å². The van der Waals surface area contributed by atoms with Crippen LogP contribution >= 0.6 is 0 Å². The molecule has 0 aliphatic carbocycles. The SMILES string of the molecule is Cc1ccc(C#N)c(OCCOC2CCCCO2)n1. The maximum absolute atomic E-state index is 8.95. The standard InChI is InChI=1S/C14H18N2O3/c1-11-5-6-12(10-15)14(16-11)19-9-8-18-13-4-2-3-7-17-13/h5-6,13H,2-4,7-9H2,1H3. The van der Waals surface area contributed by atoms with Gasteiger partial charge in [0, 0.05) is 12.3 Å². The molecule has 2 heterocycles. The number of nitrogens with zero attached hydrogens (tertiary/aromatic N) is 2. The maximum atomic E-state index is 8.95. The number of nitriles is 1. The van der Waals surface area contributed by atoms with Gasteiger partial charge in [0.1, 0.15) is 18.2 Å². The van der Waals surface area contributed by atoms with Gasteiger partial charge in [-0.2, -0.15) is 5.26 Å². The Balaban J connectivity index is 1.76. The van der Waals surface area contributed by atoms with Gasteiger partial charge in [0.25, 0.3) is 0 Å². The van der Waals surface area contributed by atoms with E-state index in [0.717, 1.165) is 31.6 Å². The molecule has 0 aromatic carbocycles. The third-order valence-corrected chi connectivity index (χ3v) is 2.88. The van der Waals surface area contributed by atoms with Gasteiger partial charge >= 0.3 is 0 Å². The molecule has 0 bridgehead atoms. The molecule has 1 fully saturated rings. The Morgan fingerprint density at radius 2 is 2.32 bits per heavy atom. The zero-order valence-corrected chi connectivity index (χ0v) is 11.1. The van der Waals surface area contributed by atoms with E-state index in [1.165, 1.54) is 0 Å². The fourth-order valence-electron chi connectivity index (χ4n) is 1.89. The molecule has 1 aliphatic rings. The van der Waals surface area contributed by atoms with Gasteiger partial charge < -0.3 is 14.2 Å². The van der Waals surface area contributed by atoms with Crippen molar-refractivity contribution in [1.29, 1.82) is 5.26 Å². The second-order valence-electron chi connectivity index (χ2n) is 4.43. The molecule has 1 atom stereocenters. The number of rotatable bonds is 5. The molecule has 0 radical (unpaired) electrons. The molecule has 0 amide bonds. The zero-order chi connectivity index (χ0) is 13.5. The summed E-state index contributed by atoms with van der Waals surface area (Å²) >= 11 is 0. The van der Waals surface area contributed by atoms with Crippen molar-refractivity contribution >= 4 is 0 Å². The van der Waals surface area contributed by atoms with Gasteiger partial charge in [0.05, 0.1) is 6.61 Å². The van der Waals surface area contributed by atoms with Crippen LogP contribution < -0.4 is 4.74 Å². The maximum Gasteiger partial charge on any atom is 0.231 e. The minimum atomic E-state index is -0.113. The van der Waals surface area contributed by atoms with Crippen LogP contribution in [0.25, 0.3) is 0 Å². The van der Waals surface area contributed by atoms with Crippen LogP contribution in [0.2, 0.25) is 0 Å². The highest BCUT2D eigenvalue weighted by Gasteiger charge is 2.13. The van der Waals surface area contributed by atoms with Crippen LogP contribution in [0, 0.1) is 18.3 Å². The fourth-order valence-corrected chi connectivity index (χ4v) is 1.89. The third-order valence-electron chi connectivity index (χ3n) is 2.88. The number of aromatic nitrogens is 1. The number of hydrogen-bond acceptors (Lipinski definition) is 5. The highest BCUT2D eigenvalue weighted by Crippen LogP contribution is 2.16. The summed E-state index contributed by atoms with van der Waals surface area (Å²) in [7, 11) is 0. The molecule has 2 rings (SSSR count). The van der Waals surface area contributed by atoms with Crippen molar-refractivity contribution in [3.05, 3.63) is 23.4 Å². The van der Waals surface area contributed by atoms with Crippen molar-refractivity contribution in [1.82, 2.24) is 4.98 Å². The number of aryl methyl sites for hydroxylation is 1. The highest BCUT2D eigenvalue weighted by molar-refractivity contribution is 5.38. The number of hydrogen-bond donors (Lipinski definition) is 0. The van der Waals surface area contributed by atoms with Crippen LogP contribution in [-0.4, -0.2) is 31.1 Å². The Labute approximate surface area is 113 Å².